The molecular weight excluding hydrogens is 262 g/mol. The number of hydrogen-bond acceptors (Lipinski definition) is 2. The molecule has 0 saturated carbocycles. The first-order chi connectivity index (χ1) is 10.0. The van der Waals surface area contributed by atoms with Crippen molar-refractivity contribution in [1.29, 1.82) is 0 Å². The van der Waals surface area contributed by atoms with Gasteiger partial charge in [-0.15, -0.1) is 0 Å². The van der Waals surface area contributed by atoms with E-state index < -0.39 is 5.97 Å². The van der Waals surface area contributed by atoms with Crippen LogP contribution in [0.4, 0.5) is 0 Å². The highest BCUT2D eigenvalue weighted by atomic mass is 16.4. The molecule has 0 amide bonds. The lowest BCUT2D eigenvalue weighted by molar-refractivity contribution is 0.0697. The number of carbonyl (C=O) groups is 1. The molecule has 1 aromatic carbocycles. The van der Waals surface area contributed by atoms with Crippen molar-refractivity contribution in [2.45, 2.75) is 46.5 Å². The zero-order valence-corrected chi connectivity index (χ0v) is 12.9. The van der Waals surface area contributed by atoms with Gasteiger partial charge in [0.05, 0.1) is 11.1 Å². The predicted molar refractivity (Wildman–Crippen MR) is 84.0 cm³/mol. The molecule has 0 bridgehead atoms. The number of hydrogen-bond donors (Lipinski definition) is 1. The molecule has 2 aromatic rings. The van der Waals surface area contributed by atoms with Crippen LogP contribution in [0.2, 0.25) is 0 Å². The molecule has 1 aliphatic carbocycles. The van der Waals surface area contributed by atoms with E-state index in [1.807, 2.05) is 19.9 Å². The molecule has 0 aliphatic heterocycles. The third-order valence-corrected chi connectivity index (χ3v) is 4.68. The molecule has 1 heterocycles. The summed E-state index contributed by atoms with van der Waals surface area (Å²) in [6, 6.07) is 4.04. The van der Waals surface area contributed by atoms with Gasteiger partial charge in [-0.1, -0.05) is 25.0 Å². The Morgan fingerprint density at radius 1 is 1.38 bits per heavy atom. The van der Waals surface area contributed by atoms with E-state index in [1.165, 1.54) is 0 Å². The average Bonchev–Trinajstić information content (AvgIpc) is 2.44. The molecule has 1 aliphatic rings. The summed E-state index contributed by atoms with van der Waals surface area (Å²) in [6.45, 7) is 6.20. The van der Waals surface area contributed by atoms with Crippen LogP contribution in [0.3, 0.4) is 0 Å². The SMILES string of the molecule is CCC1CCc2nc3c(C)cc(C)cc3c(C(=O)O)c2C1. The van der Waals surface area contributed by atoms with Crippen LogP contribution in [0, 0.1) is 19.8 Å². The second-order valence-electron chi connectivity index (χ2n) is 6.21. The van der Waals surface area contributed by atoms with Crippen molar-refractivity contribution in [1.82, 2.24) is 4.98 Å². The summed E-state index contributed by atoms with van der Waals surface area (Å²) < 4.78 is 0. The number of carboxylic acids is 1. The van der Waals surface area contributed by atoms with Crippen LogP contribution >= 0.6 is 0 Å². The lowest BCUT2D eigenvalue weighted by Gasteiger charge is -2.25. The predicted octanol–water partition coefficient (Wildman–Crippen LogP) is 4.06. The van der Waals surface area contributed by atoms with E-state index >= 15 is 0 Å². The molecule has 3 rings (SSSR count). The molecule has 0 fully saturated rings. The topological polar surface area (TPSA) is 50.2 Å². The van der Waals surface area contributed by atoms with Gasteiger partial charge < -0.3 is 5.11 Å². The van der Waals surface area contributed by atoms with E-state index in [0.717, 1.165) is 59.0 Å². The van der Waals surface area contributed by atoms with Gasteiger partial charge in [-0.25, -0.2) is 4.79 Å². The van der Waals surface area contributed by atoms with Gasteiger partial charge in [-0.3, -0.25) is 4.98 Å². The molecule has 0 saturated heterocycles. The Kier molecular flexibility index (Phi) is 3.44. The Bertz CT molecular complexity index is 734. The third-order valence-electron chi connectivity index (χ3n) is 4.68. The average molecular weight is 283 g/mol. The molecule has 3 heteroatoms. The quantitative estimate of drug-likeness (QED) is 0.904. The minimum Gasteiger partial charge on any atom is -0.478 e. The zero-order chi connectivity index (χ0) is 15.1. The second-order valence-corrected chi connectivity index (χ2v) is 6.21. The van der Waals surface area contributed by atoms with E-state index in [0.29, 0.717) is 11.5 Å². The fraction of sp³-hybridized carbons (Fsp3) is 0.444. The lowest BCUT2D eigenvalue weighted by atomic mass is 9.81. The van der Waals surface area contributed by atoms with Crippen molar-refractivity contribution in [3.05, 3.63) is 40.1 Å². The Morgan fingerprint density at radius 2 is 2.14 bits per heavy atom. The van der Waals surface area contributed by atoms with Crippen LogP contribution in [0.15, 0.2) is 12.1 Å². The van der Waals surface area contributed by atoms with Crippen molar-refractivity contribution >= 4 is 16.9 Å². The highest BCUT2D eigenvalue weighted by Crippen LogP contribution is 2.34. The molecule has 1 N–H and O–H groups in total. The van der Waals surface area contributed by atoms with Gasteiger partial charge in [-0.05, 0) is 56.2 Å². The number of aromatic carboxylic acids is 1. The summed E-state index contributed by atoms with van der Waals surface area (Å²) in [6.07, 6.45) is 3.97. The van der Waals surface area contributed by atoms with E-state index in [4.69, 9.17) is 4.98 Å². The Labute approximate surface area is 125 Å². The van der Waals surface area contributed by atoms with Crippen molar-refractivity contribution in [3.8, 4) is 0 Å². The van der Waals surface area contributed by atoms with E-state index in [2.05, 4.69) is 13.0 Å². The maximum atomic E-state index is 11.9. The zero-order valence-electron chi connectivity index (χ0n) is 12.9. The monoisotopic (exact) mass is 283 g/mol. The third kappa shape index (κ3) is 2.31. The molecule has 3 nitrogen and oxygen atoms in total. The Balaban J connectivity index is 2.35. The van der Waals surface area contributed by atoms with Crippen LogP contribution in [-0.2, 0) is 12.8 Å². The van der Waals surface area contributed by atoms with E-state index in [-0.39, 0.29) is 0 Å². The van der Waals surface area contributed by atoms with Crippen molar-refractivity contribution in [2.24, 2.45) is 5.92 Å². The van der Waals surface area contributed by atoms with Gasteiger partial charge in [0.15, 0.2) is 0 Å². The van der Waals surface area contributed by atoms with Crippen LogP contribution in [0.25, 0.3) is 10.9 Å². The molecular formula is C18H21NO2. The summed E-state index contributed by atoms with van der Waals surface area (Å²) in [5.41, 5.74) is 5.46. The van der Waals surface area contributed by atoms with Crippen LogP contribution in [0.1, 0.15) is 52.5 Å². The molecule has 0 radical (unpaired) electrons. The fourth-order valence-corrected chi connectivity index (χ4v) is 3.56. The van der Waals surface area contributed by atoms with Gasteiger partial charge in [-0.2, -0.15) is 0 Å². The molecule has 1 aromatic heterocycles. The molecule has 21 heavy (non-hydrogen) atoms. The molecule has 1 atom stereocenters. The largest absolute Gasteiger partial charge is 0.478 e. The van der Waals surface area contributed by atoms with Crippen molar-refractivity contribution < 1.29 is 9.90 Å². The summed E-state index contributed by atoms with van der Waals surface area (Å²) in [7, 11) is 0. The number of aromatic nitrogens is 1. The highest BCUT2D eigenvalue weighted by Gasteiger charge is 2.26. The number of aryl methyl sites for hydroxylation is 3. The lowest BCUT2D eigenvalue weighted by Crippen LogP contribution is -2.19. The van der Waals surface area contributed by atoms with Gasteiger partial charge in [0.25, 0.3) is 0 Å². The number of nitrogens with zero attached hydrogens (tertiary/aromatic N) is 1. The Hall–Kier alpha value is -1.90. The first-order valence-corrected chi connectivity index (χ1v) is 7.67. The van der Waals surface area contributed by atoms with Crippen molar-refractivity contribution in [2.75, 3.05) is 0 Å². The number of benzene rings is 1. The number of rotatable bonds is 2. The highest BCUT2D eigenvalue weighted by molar-refractivity contribution is 6.05. The van der Waals surface area contributed by atoms with Crippen LogP contribution in [0.5, 0.6) is 0 Å². The fourth-order valence-electron chi connectivity index (χ4n) is 3.56. The van der Waals surface area contributed by atoms with Gasteiger partial charge >= 0.3 is 5.97 Å². The maximum Gasteiger partial charge on any atom is 0.336 e. The van der Waals surface area contributed by atoms with E-state index in [1.54, 1.807) is 0 Å². The van der Waals surface area contributed by atoms with Gasteiger partial charge in [0.2, 0.25) is 0 Å². The first kappa shape index (κ1) is 14.1. The molecule has 110 valence electrons. The summed E-state index contributed by atoms with van der Waals surface area (Å²) in [5, 5.41) is 10.6. The maximum absolute atomic E-state index is 11.9. The van der Waals surface area contributed by atoms with Crippen LogP contribution < -0.4 is 0 Å². The van der Waals surface area contributed by atoms with Gasteiger partial charge in [0, 0.05) is 11.1 Å². The van der Waals surface area contributed by atoms with Crippen LogP contribution in [-0.4, -0.2) is 16.1 Å². The van der Waals surface area contributed by atoms with Gasteiger partial charge in [0.1, 0.15) is 0 Å². The number of carboxylic acid groups (broad SMARTS) is 1. The molecule has 1 unspecified atom stereocenters. The first-order valence-electron chi connectivity index (χ1n) is 7.67. The van der Waals surface area contributed by atoms with Crippen molar-refractivity contribution in [3.63, 3.8) is 0 Å². The number of pyridine rings is 1. The normalized spacial score (nSPS) is 17.8. The smallest absolute Gasteiger partial charge is 0.336 e. The standard InChI is InChI=1S/C18H21NO2/c1-4-12-5-6-15-13(9-12)16(18(20)21)14-8-10(2)7-11(3)17(14)19-15/h7-8,12H,4-6,9H2,1-3H3,(H,20,21). The number of fused-ring (bicyclic) bond motifs is 2. The second kappa shape index (κ2) is 5.14. The summed E-state index contributed by atoms with van der Waals surface area (Å²) in [5.74, 6) is -0.235. The minimum absolute atomic E-state index is 0.486. The summed E-state index contributed by atoms with van der Waals surface area (Å²) in [4.78, 5) is 16.7. The minimum atomic E-state index is -0.819. The Morgan fingerprint density at radius 3 is 2.81 bits per heavy atom. The molecule has 0 spiro atoms. The van der Waals surface area contributed by atoms with E-state index in [9.17, 15) is 9.90 Å². The summed E-state index contributed by atoms with van der Waals surface area (Å²) >= 11 is 0.